The average molecular weight is 442 g/mol. The van der Waals surface area contributed by atoms with Gasteiger partial charge in [-0.15, -0.1) is 0 Å². The van der Waals surface area contributed by atoms with Gasteiger partial charge in [-0.25, -0.2) is 0 Å². The molecule has 0 aromatic carbocycles. The number of hydrogen-bond acceptors (Lipinski definition) is 1. The minimum atomic E-state index is 0.290. The fraction of sp³-hybridized carbons (Fsp3) is 0.710. The summed E-state index contributed by atoms with van der Waals surface area (Å²) in [6.45, 7) is 16.9. The molecule has 0 radical (unpaired) electrons. The Morgan fingerprint density at radius 1 is 1.06 bits per heavy atom. The van der Waals surface area contributed by atoms with Crippen molar-refractivity contribution >= 4 is 0 Å². The van der Waals surface area contributed by atoms with Crippen molar-refractivity contribution in [3.8, 4) is 0 Å². The first-order chi connectivity index (χ1) is 15.4. The molecule has 32 heavy (non-hydrogen) atoms. The molecule has 1 aliphatic rings. The lowest BCUT2D eigenvalue weighted by Gasteiger charge is -2.31. The summed E-state index contributed by atoms with van der Waals surface area (Å²) < 4.78 is 6.32. The molecule has 0 fully saturated rings. The van der Waals surface area contributed by atoms with E-state index in [1.807, 2.05) is 0 Å². The van der Waals surface area contributed by atoms with E-state index in [0.717, 1.165) is 18.9 Å². The maximum atomic E-state index is 6.32. The quantitative estimate of drug-likeness (QED) is 0.124. The molecule has 1 nitrogen and oxygen atoms in total. The molecule has 3 atom stereocenters. The fourth-order valence-corrected chi connectivity index (χ4v) is 4.39. The van der Waals surface area contributed by atoms with Crippen molar-refractivity contribution in [2.75, 3.05) is 6.61 Å². The van der Waals surface area contributed by atoms with Gasteiger partial charge in [0.1, 0.15) is 0 Å². The van der Waals surface area contributed by atoms with Crippen LogP contribution in [-0.2, 0) is 4.74 Å². The van der Waals surface area contributed by atoms with Crippen molar-refractivity contribution in [3.63, 3.8) is 0 Å². The van der Waals surface area contributed by atoms with Crippen LogP contribution in [0.4, 0.5) is 0 Å². The van der Waals surface area contributed by atoms with Gasteiger partial charge in [0.15, 0.2) is 0 Å². The van der Waals surface area contributed by atoms with E-state index >= 15 is 0 Å². The second-order valence-corrected chi connectivity index (χ2v) is 10.2. The van der Waals surface area contributed by atoms with Crippen LogP contribution in [0.3, 0.4) is 0 Å². The van der Waals surface area contributed by atoms with Crippen LogP contribution in [0.25, 0.3) is 0 Å². The number of ether oxygens (including phenoxy) is 1. The van der Waals surface area contributed by atoms with Crippen molar-refractivity contribution in [2.24, 2.45) is 11.8 Å². The highest BCUT2D eigenvalue weighted by Crippen LogP contribution is 2.32. The van der Waals surface area contributed by atoms with Crippen molar-refractivity contribution in [2.45, 2.75) is 125 Å². The molecule has 0 saturated carbocycles. The average Bonchev–Trinajstić information content (AvgIpc) is 2.76. The van der Waals surface area contributed by atoms with Crippen LogP contribution in [0, 0.1) is 18.3 Å². The van der Waals surface area contributed by atoms with Gasteiger partial charge in [-0.05, 0) is 83.6 Å². The van der Waals surface area contributed by atoms with Gasteiger partial charge in [0.2, 0.25) is 0 Å². The molecule has 0 spiro atoms. The zero-order valence-corrected chi connectivity index (χ0v) is 22.5. The van der Waals surface area contributed by atoms with E-state index in [-0.39, 0.29) is 0 Å². The van der Waals surface area contributed by atoms with Gasteiger partial charge >= 0.3 is 0 Å². The first kappa shape index (κ1) is 29.0. The minimum absolute atomic E-state index is 0.290. The predicted molar refractivity (Wildman–Crippen MR) is 144 cm³/mol. The van der Waals surface area contributed by atoms with Crippen molar-refractivity contribution in [3.05, 3.63) is 53.0 Å². The van der Waals surface area contributed by atoms with Gasteiger partial charge in [0, 0.05) is 12.5 Å². The molecule has 1 aliphatic carbocycles. The summed E-state index contributed by atoms with van der Waals surface area (Å²) >= 11 is 0. The second kappa shape index (κ2) is 17.4. The number of allylic oxidation sites excluding steroid dienone is 6. The SMILES string of the molecule is C[CH-]CC/C=C(\C)CCC/C(C)=C/CCC(C)CCC1=CC=C(C)C(C)C1OCCCC. The Hall–Kier alpha value is -1.08. The maximum Gasteiger partial charge on any atom is 0.0850 e. The van der Waals surface area contributed by atoms with Gasteiger partial charge in [0.05, 0.1) is 6.10 Å². The third-order valence-corrected chi connectivity index (χ3v) is 7.06. The molecule has 3 unspecified atom stereocenters. The van der Waals surface area contributed by atoms with Crippen molar-refractivity contribution < 1.29 is 4.74 Å². The first-order valence-corrected chi connectivity index (χ1v) is 13.5. The van der Waals surface area contributed by atoms with Crippen LogP contribution in [0.5, 0.6) is 0 Å². The van der Waals surface area contributed by atoms with Crippen molar-refractivity contribution in [1.82, 2.24) is 0 Å². The highest BCUT2D eigenvalue weighted by molar-refractivity contribution is 5.29. The van der Waals surface area contributed by atoms with E-state index in [1.54, 1.807) is 11.1 Å². The maximum absolute atomic E-state index is 6.32. The molecular formula is C31H53O-. The summed E-state index contributed by atoms with van der Waals surface area (Å²) in [5, 5.41) is 0. The number of rotatable bonds is 17. The second-order valence-electron chi connectivity index (χ2n) is 10.2. The number of unbranched alkanes of at least 4 members (excludes halogenated alkanes) is 3. The monoisotopic (exact) mass is 441 g/mol. The summed E-state index contributed by atoms with van der Waals surface area (Å²) in [5.74, 6) is 1.27. The molecule has 184 valence electrons. The summed E-state index contributed by atoms with van der Waals surface area (Å²) in [5.41, 5.74) is 6.09. The number of hydrogen-bond donors (Lipinski definition) is 0. The van der Waals surface area contributed by atoms with Crippen LogP contribution in [0.2, 0.25) is 0 Å². The molecular weight excluding hydrogens is 388 g/mol. The molecule has 0 aliphatic heterocycles. The topological polar surface area (TPSA) is 9.23 Å². The summed E-state index contributed by atoms with van der Waals surface area (Å²) in [7, 11) is 0. The predicted octanol–water partition coefficient (Wildman–Crippen LogP) is 9.96. The van der Waals surface area contributed by atoms with Crippen molar-refractivity contribution in [1.29, 1.82) is 0 Å². The molecule has 1 heteroatoms. The molecule has 1 rings (SSSR count). The first-order valence-electron chi connectivity index (χ1n) is 13.5. The summed E-state index contributed by atoms with van der Waals surface area (Å²) in [4.78, 5) is 0. The van der Waals surface area contributed by atoms with Gasteiger partial charge in [-0.1, -0.05) is 74.6 Å². The summed E-state index contributed by atoms with van der Waals surface area (Å²) in [6, 6.07) is 0. The van der Waals surface area contributed by atoms with E-state index in [0.29, 0.717) is 12.0 Å². The Morgan fingerprint density at radius 2 is 1.75 bits per heavy atom. The third-order valence-electron chi connectivity index (χ3n) is 7.06. The lowest BCUT2D eigenvalue weighted by Crippen LogP contribution is -2.28. The van der Waals surface area contributed by atoms with Gasteiger partial charge in [0.25, 0.3) is 0 Å². The van der Waals surface area contributed by atoms with E-state index in [4.69, 9.17) is 4.74 Å². The van der Waals surface area contributed by atoms with E-state index < -0.39 is 0 Å². The van der Waals surface area contributed by atoms with Crippen LogP contribution in [0.15, 0.2) is 46.6 Å². The molecule has 0 saturated heterocycles. The largest absolute Gasteiger partial charge is 0.373 e. The third kappa shape index (κ3) is 12.2. The fourth-order valence-electron chi connectivity index (χ4n) is 4.39. The smallest absolute Gasteiger partial charge is 0.0850 e. The van der Waals surface area contributed by atoms with Gasteiger partial charge in [-0.2, -0.15) is 13.3 Å². The summed E-state index contributed by atoms with van der Waals surface area (Å²) in [6.07, 6.45) is 25.6. The molecule has 0 amide bonds. The zero-order valence-electron chi connectivity index (χ0n) is 22.5. The lowest BCUT2D eigenvalue weighted by atomic mass is 9.83. The molecule has 0 N–H and O–H groups in total. The van der Waals surface area contributed by atoms with E-state index in [9.17, 15) is 0 Å². The standard InChI is InChI=1S/C31H53O/c1-8-10-12-15-25(3)16-13-17-26(4)18-14-19-27(5)20-22-30-23-21-28(6)29(7)31(30)32-24-11-9-2/h8,15,18,21,23,27,29,31H,9-14,16-17,19-20,22,24H2,1-7H3/q-1/b25-15+,26-18+. The minimum Gasteiger partial charge on any atom is -0.373 e. The van der Waals surface area contributed by atoms with E-state index in [2.05, 4.69) is 79.2 Å². The Kier molecular flexibility index (Phi) is 15.7. The normalized spacial score (nSPS) is 20.8. The van der Waals surface area contributed by atoms with Gasteiger partial charge in [-0.3, -0.25) is 0 Å². The molecule has 0 heterocycles. The highest BCUT2D eigenvalue weighted by Gasteiger charge is 2.25. The van der Waals surface area contributed by atoms with Crippen LogP contribution < -0.4 is 0 Å². The van der Waals surface area contributed by atoms with Gasteiger partial charge < -0.3 is 11.2 Å². The van der Waals surface area contributed by atoms with Crippen LogP contribution in [-0.4, -0.2) is 12.7 Å². The van der Waals surface area contributed by atoms with Crippen LogP contribution >= 0.6 is 0 Å². The Balaban J connectivity index is 2.34. The lowest BCUT2D eigenvalue weighted by molar-refractivity contribution is 0.0461. The Bertz CT molecular complexity index is 618. The Morgan fingerprint density at radius 3 is 2.41 bits per heavy atom. The molecule has 0 aromatic heterocycles. The van der Waals surface area contributed by atoms with E-state index in [1.165, 1.54) is 75.4 Å². The molecule has 0 bridgehead atoms. The highest BCUT2D eigenvalue weighted by atomic mass is 16.5. The zero-order chi connectivity index (χ0) is 23.8. The molecule has 0 aromatic rings. The van der Waals surface area contributed by atoms with Crippen LogP contribution in [0.1, 0.15) is 119 Å². The Labute approximate surface area is 201 Å².